The van der Waals surface area contributed by atoms with Crippen molar-refractivity contribution in [3.8, 4) is 27.9 Å². The number of benzene rings is 9. The van der Waals surface area contributed by atoms with Crippen molar-refractivity contribution in [2.75, 3.05) is 4.90 Å². The van der Waals surface area contributed by atoms with E-state index in [4.69, 9.17) is 0 Å². The number of hydrogen-bond acceptors (Lipinski definition) is 1. The molecule has 0 saturated carbocycles. The summed E-state index contributed by atoms with van der Waals surface area (Å²) in [7, 11) is 0. The van der Waals surface area contributed by atoms with Gasteiger partial charge in [0.2, 0.25) is 0 Å². The predicted molar refractivity (Wildman–Crippen MR) is 255 cm³/mol. The molecule has 0 saturated heterocycles. The second kappa shape index (κ2) is 13.5. The molecule has 3 aromatic heterocycles. The highest BCUT2D eigenvalue weighted by Crippen LogP contribution is 2.48. The first-order chi connectivity index (χ1) is 29.8. The highest BCUT2D eigenvalue weighted by Gasteiger charge is 2.25. The van der Waals surface area contributed by atoms with E-state index in [1.54, 1.807) is 0 Å². The van der Waals surface area contributed by atoms with Crippen LogP contribution in [0.5, 0.6) is 0 Å². The summed E-state index contributed by atoms with van der Waals surface area (Å²) in [5.41, 5.74) is 18.6. The molecule has 0 amide bonds. The zero-order chi connectivity index (χ0) is 39.9. The fourth-order valence-corrected chi connectivity index (χ4v) is 10.2. The van der Waals surface area contributed by atoms with Crippen molar-refractivity contribution >= 4 is 77.0 Å². The van der Waals surface area contributed by atoms with E-state index in [1.165, 1.54) is 99.0 Å². The lowest BCUT2D eigenvalue weighted by Gasteiger charge is -2.27. The third-order valence-corrected chi connectivity index (χ3v) is 12.7. The second-order valence-corrected chi connectivity index (χ2v) is 15.7. The summed E-state index contributed by atoms with van der Waals surface area (Å²) >= 11 is 0. The van der Waals surface area contributed by atoms with Gasteiger partial charge < -0.3 is 13.9 Å². The van der Waals surface area contributed by atoms with Gasteiger partial charge in [0.05, 0.1) is 33.3 Å². The van der Waals surface area contributed by atoms with Crippen molar-refractivity contribution in [3.63, 3.8) is 0 Å². The van der Waals surface area contributed by atoms with E-state index in [0.29, 0.717) is 0 Å². The lowest BCUT2D eigenvalue weighted by atomic mass is 9.98. The van der Waals surface area contributed by atoms with Gasteiger partial charge in [0.15, 0.2) is 0 Å². The van der Waals surface area contributed by atoms with E-state index in [-0.39, 0.29) is 0 Å². The molecule has 3 heteroatoms. The molecule has 0 atom stereocenters. The average molecular weight is 768 g/mol. The Morgan fingerprint density at radius 1 is 0.400 bits per heavy atom. The van der Waals surface area contributed by atoms with Crippen LogP contribution in [0.1, 0.15) is 25.0 Å². The third kappa shape index (κ3) is 4.90. The van der Waals surface area contributed by atoms with Crippen molar-refractivity contribution in [3.05, 3.63) is 211 Å². The van der Waals surface area contributed by atoms with Gasteiger partial charge in [-0.2, -0.15) is 0 Å². The van der Waals surface area contributed by atoms with Gasteiger partial charge in [-0.15, -0.1) is 0 Å². The average Bonchev–Trinajstić information content (AvgIpc) is 4.06. The van der Waals surface area contributed by atoms with E-state index in [0.717, 1.165) is 23.5 Å². The van der Waals surface area contributed by atoms with Crippen LogP contribution in [0, 0.1) is 0 Å². The van der Waals surface area contributed by atoms with E-state index in [9.17, 15) is 0 Å². The number of anilines is 3. The lowest BCUT2D eigenvalue weighted by molar-refractivity contribution is 1.18. The first-order valence-corrected chi connectivity index (χ1v) is 21.2. The quantitative estimate of drug-likeness (QED) is 0.170. The normalized spacial score (nSPS) is 12.1. The number of hydrogen-bond donors (Lipinski definition) is 0. The summed E-state index contributed by atoms with van der Waals surface area (Å²) in [6.45, 7) is 4.00. The van der Waals surface area contributed by atoms with E-state index >= 15 is 0 Å². The van der Waals surface area contributed by atoms with E-state index < -0.39 is 0 Å². The van der Waals surface area contributed by atoms with Crippen molar-refractivity contribution in [2.45, 2.75) is 20.3 Å². The van der Waals surface area contributed by atoms with Gasteiger partial charge in [-0.25, -0.2) is 0 Å². The molecule has 1 aliphatic rings. The van der Waals surface area contributed by atoms with Crippen LogP contribution in [-0.2, 0) is 6.42 Å². The number of nitrogens with zero attached hydrogens (tertiary/aromatic N) is 3. The van der Waals surface area contributed by atoms with Crippen LogP contribution in [0.15, 0.2) is 200 Å². The standard InChI is InChI=1S/C55H35N3.C2H6/c1-2-14-38(15-3-1)57-50-24-9-7-18-47(50)53-42(19-11-25-51(53)57)35-27-30-39(31-28-35)56(40-32-29-37-33-36-13-4-5-16-41(36)48(37)34-40)52-26-12-22-46-45-21-10-20-44-43-17-6-8-23-49(43)58(54(44)45)55(46)52;1-2/h1-32,34H,33H2;1-2H3. The SMILES string of the molecule is CC.c1ccc(-n2c3ccccc3c3c(-c4ccc(N(c5ccc6c(c5)-c5ccccc5C6)c5cccc6c7cccc8c9ccccc9n(c56)c87)cc4)cccc32)cc1. The van der Waals surface area contributed by atoms with Crippen LogP contribution in [0.25, 0.3) is 87.8 Å². The Morgan fingerprint density at radius 3 is 1.82 bits per heavy atom. The van der Waals surface area contributed by atoms with Gasteiger partial charge in [-0.3, -0.25) is 0 Å². The molecule has 0 radical (unpaired) electrons. The van der Waals surface area contributed by atoms with E-state index in [2.05, 4.69) is 214 Å². The Bertz CT molecular complexity index is 3590. The molecule has 0 aliphatic heterocycles. The molecule has 60 heavy (non-hydrogen) atoms. The molecule has 0 fully saturated rings. The molecule has 0 unspecified atom stereocenters. The Morgan fingerprint density at radius 2 is 0.983 bits per heavy atom. The molecule has 3 nitrogen and oxygen atoms in total. The Labute approximate surface area is 348 Å². The van der Waals surface area contributed by atoms with Gasteiger partial charge in [0.25, 0.3) is 0 Å². The maximum Gasteiger partial charge on any atom is 0.0782 e. The Hall–Kier alpha value is -7.62. The van der Waals surface area contributed by atoms with Crippen LogP contribution < -0.4 is 4.90 Å². The number of rotatable bonds is 5. The summed E-state index contributed by atoms with van der Waals surface area (Å²) in [5.74, 6) is 0. The lowest BCUT2D eigenvalue weighted by Crippen LogP contribution is -2.11. The summed E-state index contributed by atoms with van der Waals surface area (Å²) in [4.78, 5) is 2.48. The van der Waals surface area contributed by atoms with E-state index in [1.807, 2.05) is 13.8 Å². The summed E-state index contributed by atoms with van der Waals surface area (Å²) in [6.07, 6.45) is 0.968. The largest absolute Gasteiger partial charge is 0.309 e. The zero-order valence-electron chi connectivity index (χ0n) is 33.6. The first-order valence-electron chi connectivity index (χ1n) is 21.2. The predicted octanol–water partition coefficient (Wildman–Crippen LogP) is 15.7. The molecule has 0 N–H and O–H groups in total. The summed E-state index contributed by atoms with van der Waals surface area (Å²) in [6, 6.07) is 73.9. The molecule has 12 aromatic rings. The molecule has 3 heterocycles. The highest BCUT2D eigenvalue weighted by atomic mass is 15.2. The Kier molecular flexibility index (Phi) is 7.73. The minimum Gasteiger partial charge on any atom is -0.309 e. The molecule has 1 aliphatic carbocycles. The molecular formula is C57H41N3. The molecule has 13 rings (SSSR count). The van der Waals surface area contributed by atoms with Gasteiger partial charge in [0, 0.05) is 49.4 Å². The fourth-order valence-electron chi connectivity index (χ4n) is 10.2. The third-order valence-electron chi connectivity index (χ3n) is 12.7. The minimum atomic E-state index is 0.968. The maximum atomic E-state index is 2.51. The minimum absolute atomic E-state index is 0.968. The van der Waals surface area contributed by atoms with Gasteiger partial charge in [0.1, 0.15) is 0 Å². The summed E-state index contributed by atoms with van der Waals surface area (Å²) < 4.78 is 4.91. The number of para-hydroxylation sites is 5. The topological polar surface area (TPSA) is 12.6 Å². The van der Waals surface area contributed by atoms with Crippen LogP contribution >= 0.6 is 0 Å². The monoisotopic (exact) mass is 767 g/mol. The first kappa shape index (κ1) is 34.4. The Balaban J connectivity index is 0.00000191. The fraction of sp³-hybridized carbons (Fsp3) is 0.0526. The van der Waals surface area contributed by atoms with Gasteiger partial charge in [-0.05, 0) is 100 Å². The van der Waals surface area contributed by atoms with Crippen molar-refractivity contribution in [1.82, 2.24) is 8.97 Å². The molecule has 0 bridgehead atoms. The van der Waals surface area contributed by atoms with Crippen LogP contribution in [0.2, 0.25) is 0 Å². The molecule has 284 valence electrons. The number of fused-ring (bicyclic) bond motifs is 12. The highest BCUT2D eigenvalue weighted by molar-refractivity contribution is 6.25. The van der Waals surface area contributed by atoms with Crippen molar-refractivity contribution in [1.29, 1.82) is 0 Å². The van der Waals surface area contributed by atoms with Gasteiger partial charge in [-0.1, -0.05) is 153 Å². The van der Waals surface area contributed by atoms with Crippen molar-refractivity contribution in [2.24, 2.45) is 0 Å². The maximum absolute atomic E-state index is 2.51. The zero-order valence-corrected chi connectivity index (χ0v) is 33.6. The molecular weight excluding hydrogens is 727 g/mol. The van der Waals surface area contributed by atoms with Crippen LogP contribution in [0.3, 0.4) is 0 Å². The van der Waals surface area contributed by atoms with Crippen LogP contribution in [-0.4, -0.2) is 8.97 Å². The molecule has 9 aromatic carbocycles. The van der Waals surface area contributed by atoms with Crippen LogP contribution in [0.4, 0.5) is 17.1 Å². The number of aromatic nitrogens is 2. The smallest absolute Gasteiger partial charge is 0.0782 e. The molecule has 0 spiro atoms. The summed E-state index contributed by atoms with van der Waals surface area (Å²) in [5, 5.41) is 7.65. The van der Waals surface area contributed by atoms with Crippen molar-refractivity contribution < 1.29 is 0 Å². The second-order valence-electron chi connectivity index (χ2n) is 15.7. The van der Waals surface area contributed by atoms with Gasteiger partial charge >= 0.3 is 0 Å².